The maximum Gasteiger partial charge on any atom is 0.0848 e. The largest absolute Gasteiger partial charge is 0.397 e. The van der Waals surface area contributed by atoms with Crippen LogP contribution in [0.5, 0.6) is 0 Å². The minimum Gasteiger partial charge on any atom is -0.397 e. The molecule has 0 rings (SSSR count). The van der Waals surface area contributed by atoms with E-state index >= 15 is 0 Å². The second-order valence-corrected chi connectivity index (χ2v) is 2.77. The number of allylic oxidation sites excluding steroid dienone is 2. The molecule has 0 spiro atoms. The molecule has 0 aliphatic rings. The molecule has 0 heterocycles. The van der Waals surface area contributed by atoms with Gasteiger partial charge in [0.2, 0.25) is 0 Å². The van der Waals surface area contributed by atoms with Crippen LogP contribution in [0.1, 0.15) is 13.8 Å². The maximum absolute atomic E-state index is 5.59. The van der Waals surface area contributed by atoms with Gasteiger partial charge in [0.05, 0.1) is 11.4 Å². The molecule has 0 atom stereocenters. The van der Waals surface area contributed by atoms with Crippen LogP contribution in [0.3, 0.4) is 0 Å². The molecular weight excluding hydrogens is 148 g/mol. The van der Waals surface area contributed by atoms with Gasteiger partial charge in [-0.3, -0.25) is 4.99 Å². The molecule has 0 aromatic heterocycles. The van der Waals surface area contributed by atoms with Gasteiger partial charge >= 0.3 is 0 Å². The average molecular weight is 164 g/mol. The van der Waals surface area contributed by atoms with Crippen LogP contribution in [-0.4, -0.2) is 6.21 Å². The fourth-order valence-electron chi connectivity index (χ4n) is 0.579. The van der Waals surface area contributed by atoms with Gasteiger partial charge in [-0.15, -0.1) is 0 Å². The SMILES string of the molecule is C=C/C(N)=C(\C=C)N=CC(C)C. The molecule has 0 unspecified atom stereocenters. The van der Waals surface area contributed by atoms with Gasteiger partial charge in [-0.05, 0) is 18.1 Å². The highest BCUT2D eigenvalue weighted by atomic mass is 14.8. The highest BCUT2D eigenvalue weighted by Gasteiger charge is 1.92. The van der Waals surface area contributed by atoms with E-state index in [9.17, 15) is 0 Å². The topological polar surface area (TPSA) is 38.4 Å². The van der Waals surface area contributed by atoms with Gasteiger partial charge in [0.15, 0.2) is 0 Å². The van der Waals surface area contributed by atoms with Gasteiger partial charge in [-0.2, -0.15) is 0 Å². The maximum atomic E-state index is 5.59. The van der Waals surface area contributed by atoms with Gasteiger partial charge in [0, 0.05) is 6.21 Å². The average Bonchev–Trinajstić information content (AvgIpc) is 2.04. The van der Waals surface area contributed by atoms with Crippen molar-refractivity contribution >= 4 is 6.21 Å². The van der Waals surface area contributed by atoms with E-state index in [-0.39, 0.29) is 0 Å². The van der Waals surface area contributed by atoms with E-state index in [1.165, 1.54) is 0 Å². The summed E-state index contributed by atoms with van der Waals surface area (Å²) in [5.74, 6) is 0.414. The number of hydrogen-bond donors (Lipinski definition) is 1. The normalized spacial score (nSPS) is 13.2. The van der Waals surface area contributed by atoms with Crippen LogP contribution in [0.25, 0.3) is 0 Å². The van der Waals surface area contributed by atoms with Crippen molar-refractivity contribution in [1.82, 2.24) is 0 Å². The summed E-state index contributed by atoms with van der Waals surface area (Å²) in [6.45, 7) is 11.3. The molecular formula is C10H16N2. The summed E-state index contributed by atoms with van der Waals surface area (Å²) < 4.78 is 0. The Morgan fingerprint density at radius 2 is 1.92 bits per heavy atom. The zero-order valence-corrected chi connectivity index (χ0v) is 7.75. The number of nitrogens with zero attached hydrogens (tertiary/aromatic N) is 1. The van der Waals surface area contributed by atoms with E-state index in [2.05, 4.69) is 18.2 Å². The quantitative estimate of drug-likeness (QED) is 0.502. The number of nitrogens with two attached hydrogens (primary N) is 1. The van der Waals surface area contributed by atoms with Crippen molar-refractivity contribution in [3.63, 3.8) is 0 Å². The lowest BCUT2D eigenvalue weighted by Gasteiger charge is -1.98. The van der Waals surface area contributed by atoms with E-state index in [1.807, 2.05) is 20.1 Å². The first-order valence-corrected chi connectivity index (χ1v) is 3.90. The van der Waals surface area contributed by atoms with Crippen molar-refractivity contribution in [1.29, 1.82) is 0 Å². The van der Waals surface area contributed by atoms with Gasteiger partial charge in [0.1, 0.15) is 0 Å². The Morgan fingerprint density at radius 1 is 1.33 bits per heavy atom. The van der Waals surface area contributed by atoms with Crippen LogP contribution in [-0.2, 0) is 0 Å². The Morgan fingerprint density at radius 3 is 2.25 bits per heavy atom. The third kappa shape index (κ3) is 3.76. The van der Waals surface area contributed by atoms with Crippen LogP contribution >= 0.6 is 0 Å². The predicted molar refractivity (Wildman–Crippen MR) is 54.9 cm³/mol. The molecule has 0 saturated heterocycles. The molecule has 2 nitrogen and oxygen atoms in total. The fourth-order valence-corrected chi connectivity index (χ4v) is 0.579. The van der Waals surface area contributed by atoms with Crippen LogP contribution in [0.15, 0.2) is 41.7 Å². The molecule has 0 bridgehead atoms. The predicted octanol–water partition coefficient (Wildman–Crippen LogP) is 2.26. The van der Waals surface area contributed by atoms with Crippen LogP contribution in [0.2, 0.25) is 0 Å². The zero-order chi connectivity index (χ0) is 9.56. The van der Waals surface area contributed by atoms with Crippen LogP contribution < -0.4 is 5.73 Å². The Kier molecular flexibility index (Phi) is 4.77. The third-order valence-electron chi connectivity index (χ3n) is 1.22. The van der Waals surface area contributed by atoms with Crippen molar-refractivity contribution in [3.05, 3.63) is 36.7 Å². The molecule has 0 amide bonds. The summed E-state index contributed by atoms with van der Waals surface area (Å²) in [6.07, 6.45) is 5.01. The minimum atomic E-state index is 0.414. The smallest absolute Gasteiger partial charge is 0.0848 e. The second-order valence-electron chi connectivity index (χ2n) is 2.77. The highest BCUT2D eigenvalue weighted by molar-refractivity contribution is 5.62. The van der Waals surface area contributed by atoms with E-state index < -0.39 is 0 Å². The summed E-state index contributed by atoms with van der Waals surface area (Å²) in [5, 5.41) is 0. The Labute approximate surface area is 74.2 Å². The lowest BCUT2D eigenvalue weighted by molar-refractivity contribution is 0.905. The van der Waals surface area contributed by atoms with Gasteiger partial charge in [-0.25, -0.2) is 0 Å². The lowest BCUT2D eigenvalue weighted by atomic mass is 10.2. The van der Waals surface area contributed by atoms with Gasteiger partial charge in [-0.1, -0.05) is 27.0 Å². The van der Waals surface area contributed by atoms with Crippen molar-refractivity contribution < 1.29 is 0 Å². The van der Waals surface area contributed by atoms with E-state index in [0.29, 0.717) is 17.3 Å². The molecule has 12 heavy (non-hydrogen) atoms. The fraction of sp³-hybridized carbons (Fsp3) is 0.300. The van der Waals surface area contributed by atoms with Crippen molar-refractivity contribution in [2.24, 2.45) is 16.6 Å². The van der Waals surface area contributed by atoms with E-state index in [0.717, 1.165) is 0 Å². The molecule has 66 valence electrons. The standard InChI is InChI=1S/C10H16N2/c1-5-9(11)10(6-2)12-7-8(3)4/h5-8H,1-2,11H2,3-4H3/b10-9-,12-7?. The summed E-state index contributed by atoms with van der Waals surface area (Å²) in [6, 6.07) is 0. The van der Waals surface area contributed by atoms with Crippen LogP contribution in [0.4, 0.5) is 0 Å². The van der Waals surface area contributed by atoms with Crippen molar-refractivity contribution in [3.8, 4) is 0 Å². The molecule has 0 aliphatic heterocycles. The first kappa shape index (κ1) is 10.7. The summed E-state index contributed by atoms with van der Waals surface area (Å²) >= 11 is 0. The van der Waals surface area contributed by atoms with Gasteiger partial charge < -0.3 is 5.73 Å². The monoisotopic (exact) mass is 164 g/mol. The Bertz CT molecular complexity index is 222. The number of aliphatic imine (C=N–C) groups is 1. The summed E-state index contributed by atoms with van der Waals surface area (Å²) in [7, 11) is 0. The number of rotatable bonds is 4. The summed E-state index contributed by atoms with van der Waals surface area (Å²) in [4.78, 5) is 4.15. The van der Waals surface area contributed by atoms with Crippen molar-refractivity contribution in [2.45, 2.75) is 13.8 Å². The highest BCUT2D eigenvalue weighted by Crippen LogP contribution is 2.03. The van der Waals surface area contributed by atoms with E-state index in [4.69, 9.17) is 5.73 Å². The van der Waals surface area contributed by atoms with Crippen LogP contribution in [0, 0.1) is 5.92 Å². The first-order chi connectivity index (χ1) is 5.61. The lowest BCUT2D eigenvalue weighted by Crippen LogP contribution is -1.97. The molecule has 0 radical (unpaired) electrons. The van der Waals surface area contributed by atoms with Gasteiger partial charge in [0.25, 0.3) is 0 Å². The van der Waals surface area contributed by atoms with Crippen molar-refractivity contribution in [2.75, 3.05) is 0 Å². The zero-order valence-electron chi connectivity index (χ0n) is 7.75. The van der Waals surface area contributed by atoms with E-state index in [1.54, 1.807) is 12.2 Å². The Balaban J connectivity index is 4.58. The molecule has 2 N–H and O–H groups in total. The number of hydrogen-bond acceptors (Lipinski definition) is 2. The molecule has 2 heteroatoms. The molecule has 0 fully saturated rings. The molecule has 0 aromatic rings. The summed E-state index contributed by atoms with van der Waals surface area (Å²) in [5.41, 5.74) is 6.83. The Hall–Kier alpha value is -1.31. The second kappa shape index (κ2) is 5.35. The molecule has 0 aliphatic carbocycles. The first-order valence-electron chi connectivity index (χ1n) is 3.90. The minimum absolute atomic E-state index is 0.414. The molecule has 0 saturated carbocycles. The third-order valence-corrected chi connectivity index (χ3v) is 1.22. The molecule has 0 aromatic carbocycles.